The maximum Gasteiger partial charge on any atom is 0.305 e. The van der Waals surface area contributed by atoms with E-state index < -0.39 is 0 Å². The maximum atomic E-state index is 11.0. The molecule has 1 heterocycles. The Bertz CT molecular complexity index is 340. The predicted molar refractivity (Wildman–Crippen MR) is 92.3 cm³/mol. The van der Waals surface area contributed by atoms with Crippen LogP contribution in [0.25, 0.3) is 0 Å². The molecule has 0 aromatic rings. The Balaban J connectivity index is 1.91. The summed E-state index contributed by atoms with van der Waals surface area (Å²) in [5, 5.41) is 9.82. The number of hydrogen-bond acceptors (Lipinski definition) is 4. The summed E-state index contributed by atoms with van der Waals surface area (Å²) in [6, 6.07) is 0. The van der Waals surface area contributed by atoms with Crippen molar-refractivity contribution in [1.29, 1.82) is 0 Å². The largest absolute Gasteiger partial charge is 0.469 e. The number of unbranched alkanes of at least 4 members (excludes halogenated alkanes) is 6. The second-order valence-electron chi connectivity index (χ2n) is 6.47. The summed E-state index contributed by atoms with van der Waals surface area (Å²) in [4.78, 5) is 11.0. The Labute approximate surface area is 141 Å². The van der Waals surface area contributed by atoms with E-state index in [-0.39, 0.29) is 18.2 Å². The quantitative estimate of drug-likeness (QED) is 0.225. The molecule has 134 valence electrons. The van der Waals surface area contributed by atoms with Gasteiger partial charge < -0.3 is 14.6 Å². The van der Waals surface area contributed by atoms with Crippen molar-refractivity contribution in [3.05, 3.63) is 12.2 Å². The lowest BCUT2D eigenvalue weighted by Crippen LogP contribution is -2.02. The van der Waals surface area contributed by atoms with Crippen LogP contribution in [0, 0.1) is 0 Å². The lowest BCUT2D eigenvalue weighted by molar-refractivity contribution is -0.140. The summed E-state index contributed by atoms with van der Waals surface area (Å²) in [5.74, 6) is -0.108. The molecule has 0 bridgehead atoms. The van der Waals surface area contributed by atoms with Crippen LogP contribution < -0.4 is 0 Å². The van der Waals surface area contributed by atoms with Crippen molar-refractivity contribution < 1.29 is 19.4 Å². The molecule has 0 aromatic heterocycles. The number of carbonyl (C=O) groups is 1. The molecule has 0 spiro atoms. The second kappa shape index (κ2) is 12.5. The van der Waals surface area contributed by atoms with Crippen molar-refractivity contribution >= 4 is 5.97 Å². The smallest absolute Gasteiger partial charge is 0.305 e. The standard InChI is InChI=1S/C19H34O4/c1-3-4-8-11-16(20)14-15-18-17(23-18)12-9-6-5-7-10-13-19(21)22-2/h14-18,20H,3-13H2,1-2H3/b15-14+/t16-,17+,18-/m1/s1. The van der Waals surface area contributed by atoms with E-state index >= 15 is 0 Å². The molecule has 3 atom stereocenters. The summed E-state index contributed by atoms with van der Waals surface area (Å²) in [5.41, 5.74) is 0. The Hall–Kier alpha value is -0.870. The first kappa shape index (κ1) is 20.2. The number of aliphatic hydroxyl groups excluding tert-OH is 1. The number of hydrogen-bond donors (Lipinski definition) is 1. The van der Waals surface area contributed by atoms with Crippen molar-refractivity contribution in [2.24, 2.45) is 0 Å². The van der Waals surface area contributed by atoms with Gasteiger partial charge >= 0.3 is 5.97 Å². The number of carbonyl (C=O) groups excluding carboxylic acids is 1. The number of aliphatic hydroxyl groups is 1. The summed E-state index contributed by atoms with van der Waals surface area (Å²) in [6.45, 7) is 2.17. The van der Waals surface area contributed by atoms with Crippen LogP contribution in [0.5, 0.6) is 0 Å². The first-order valence-electron chi connectivity index (χ1n) is 9.26. The topological polar surface area (TPSA) is 59.1 Å². The van der Waals surface area contributed by atoms with Gasteiger partial charge in [-0.1, -0.05) is 64.0 Å². The number of ether oxygens (including phenoxy) is 2. The molecule has 0 saturated carbocycles. The molecule has 1 fully saturated rings. The molecule has 0 radical (unpaired) electrons. The van der Waals surface area contributed by atoms with Crippen LogP contribution in [0.2, 0.25) is 0 Å². The Morgan fingerprint density at radius 3 is 2.65 bits per heavy atom. The van der Waals surface area contributed by atoms with Crippen LogP contribution in [-0.2, 0) is 14.3 Å². The summed E-state index contributed by atoms with van der Waals surface area (Å²) in [7, 11) is 1.44. The van der Waals surface area contributed by atoms with E-state index in [4.69, 9.17) is 4.74 Å². The van der Waals surface area contributed by atoms with E-state index in [9.17, 15) is 9.90 Å². The third-order valence-corrected chi connectivity index (χ3v) is 4.35. The molecule has 1 rings (SSSR count). The summed E-state index contributed by atoms with van der Waals surface area (Å²) >= 11 is 0. The van der Waals surface area contributed by atoms with E-state index in [0.29, 0.717) is 12.5 Å². The lowest BCUT2D eigenvalue weighted by Gasteiger charge is -2.03. The zero-order valence-corrected chi connectivity index (χ0v) is 14.8. The molecular weight excluding hydrogens is 292 g/mol. The zero-order chi connectivity index (χ0) is 16.9. The van der Waals surface area contributed by atoms with E-state index in [1.54, 1.807) is 0 Å². The minimum Gasteiger partial charge on any atom is -0.469 e. The fraction of sp³-hybridized carbons (Fsp3) is 0.842. The lowest BCUT2D eigenvalue weighted by atomic mass is 10.1. The van der Waals surface area contributed by atoms with Gasteiger partial charge in [-0.05, 0) is 19.3 Å². The first-order valence-corrected chi connectivity index (χ1v) is 9.26. The fourth-order valence-corrected chi connectivity index (χ4v) is 2.74. The average molecular weight is 326 g/mol. The van der Waals surface area contributed by atoms with Crippen molar-refractivity contribution in [2.45, 2.75) is 95.9 Å². The van der Waals surface area contributed by atoms with Gasteiger partial charge in [-0.25, -0.2) is 0 Å². The molecule has 1 aliphatic rings. The number of rotatable bonds is 14. The molecule has 0 unspecified atom stereocenters. The van der Waals surface area contributed by atoms with E-state index in [2.05, 4.69) is 11.7 Å². The third-order valence-electron chi connectivity index (χ3n) is 4.35. The predicted octanol–water partition coefficient (Wildman–Crippen LogP) is 4.15. The molecule has 0 aromatic carbocycles. The summed E-state index contributed by atoms with van der Waals surface area (Å²) in [6.07, 6.45) is 15.7. The van der Waals surface area contributed by atoms with E-state index in [1.807, 2.05) is 12.2 Å². The average Bonchev–Trinajstić information content (AvgIpc) is 3.30. The van der Waals surface area contributed by atoms with Crippen molar-refractivity contribution in [2.75, 3.05) is 7.11 Å². The summed E-state index contributed by atoms with van der Waals surface area (Å²) < 4.78 is 10.2. The molecule has 4 heteroatoms. The van der Waals surface area contributed by atoms with Crippen molar-refractivity contribution in [1.82, 2.24) is 0 Å². The Morgan fingerprint density at radius 1 is 1.17 bits per heavy atom. The van der Waals surface area contributed by atoms with Gasteiger partial charge in [0.25, 0.3) is 0 Å². The highest BCUT2D eigenvalue weighted by atomic mass is 16.6. The molecule has 0 aliphatic carbocycles. The van der Waals surface area contributed by atoms with Gasteiger partial charge in [-0.15, -0.1) is 0 Å². The minimum absolute atomic E-state index is 0.108. The van der Waals surface area contributed by atoms with E-state index in [0.717, 1.165) is 32.1 Å². The Kier molecular flexibility index (Phi) is 11.0. The molecule has 0 amide bonds. The highest BCUT2D eigenvalue weighted by molar-refractivity contribution is 5.68. The van der Waals surface area contributed by atoms with Crippen molar-refractivity contribution in [3.63, 3.8) is 0 Å². The van der Waals surface area contributed by atoms with Crippen LogP contribution in [-0.4, -0.2) is 36.5 Å². The van der Waals surface area contributed by atoms with Crippen LogP contribution >= 0.6 is 0 Å². The van der Waals surface area contributed by atoms with Gasteiger partial charge in [0.2, 0.25) is 0 Å². The first-order chi connectivity index (χ1) is 11.2. The second-order valence-corrected chi connectivity index (χ2v) is 6.47. The number of esters is 1. The van der Waals surface area contributed by atoms with Gasteiger partial charge in [-0.3, -0.25) is 4.79 Å². The van der Waals surface area contributed by atoms with Gasteiger partial charge in [0, 0.05) is 6.42 Å². The van der Waals surface area contributed by atoms with E-state index in [1.165, 1.54) is 39.2 Å². The highest BCUT2D eigenvalue weighted by Crippen LogP contribution is 2.29. The molecule has 4 nitrogen and oxygen atoms in total. The molecular formula is C19H34O4. The van der Waals surface area contributed by atoms with Crippen LogP contribution in [0.15, 0.2) is 12.2 Å². The third kappa shape index (κ3) is 10.5. The fourth-order valence-electron chi connectivity index (χ4n) is 2.74. The van der Waals surface area contributed by atoms with Gasteiger partial charge in [0.05, 0.1) is 19.3 Å². The number of methoxy groups -OCH3 is 1. The highest BCUT2D eigenvalue weighted by Gasteiger charge is 2.35. The van der Waals surface area contributed by atoms with Gasteiger partial charge in [0.1, 0.15) is 6.10 Å². The molecule has 1 N–H and O–H groups in total. The normalized spacial score (nSPS) is 21.5. The van der Waals surface area contributed by atoms with Crippen molar-refractivity contribution in [3.8, 4) is 0 Å². The molecule has 1 saturated heterocycles. The van der Waals surface area contributed by atoms with Crippen LogP contribution in [0.4, 0.5) is 0 Å². The van der Waals surface area contributed by atoms with Gasteiger partial charge in [0.15, 0.2) is 0 Å². The van der Waals surface area contributed by atoms with Crippen LogP contribution in [0.1, 0.15) is 77.6 Å². The number of epoxide rings is 1. The zero-order valence-electron chi connectivity index (χ0n) is 14.8. The van der Waals surface area contributed by atoms with Crippen LogP contribution in [0.3, 0.4) is 0 Å². The molecule has 1 aliphatic heterocycles. The van der Waals surface area contributed by atoms with Gasteiger partial charge in [-0.2, -0.15) is 0 Å². The maximum absolute atomic E-state index is 11.0. The monoisotopic (exact) mass is 326 g/mol. The minimum atomic E-state index is -0.318. The Morgan fingerprint density at radius 2 is 1.91 bits per heavy atom. The molecule has 23 heavy (non-hydrogen) atoms. The SMILES string of the molecule is CCCCC[C@@H](O)/C=C/[C@H]1O[C@H]1CCCCCCCC(=O)OC.